The molecule has 1 aliphatic heterocycles. The lowest BCUT2D eigenvalue weighted by Crippen LogP contribution is -2.36. The van der Waals surface area contributed by atoms with Crippen molar-refractivity contribution in [2.75, 3.05) is 18.0 Å². The zero-order chi connectivity index (χ0) is 13.3. The number of carbonyl (C=O) groups excluding carboxylic acids is 1. The molecule has 1 fully saturated rings. The van der Waals surface area contributed by atoms with Gasteiger partial charge in [0.1, 0.15) is 5.82 Å². The smallest absolute Gasteiger partial charge is 0.253 e. The number of nitrogens with two attached hydrogens (primary N) is 1. The van der Waals surface area contributed by atoms with E-state index in [0.29, 0.717) is 16.1 Å². The molecule has 2 N–H and O–H groups in total. The van der Waals surface area contributed by atoms with E-state index < -0.39 is 11.7 Å². The Balaban J connectivity index is 2.44. The van der Waals surface area contributed by atoms with Crippen LogP contribution >= 0.6 is 15.9 Å². The van der Waals surface area contributed by atoms with Crippen LogP contribution in [0, 0.1) is 11.7 Å². The van der Waals surface area contributed by atoms with Gasteiger partial charge in [-0.05, 0) is 30.9 Å². The van der Waals surface area contributed by atoms with E-state index in [9.17, 15) is 9.18 Å². The van der Waals surface area contributed by atoms with E-state index in [1.165, 1.54) is 12.5 Å². The number of rotatable bonds is 2. The minimum absolute atomic E-state index is 0.00713. The van der Waals surface area contributed by atoms with Crippen LogP contribution in [0.4, 0.5) is 10.1 Å². The molecule has 98 valence electrons. The molecule has 1 aromatic rings. The highest BCUT2D eigenvalue weighted by Crippen LogP contribution is 2.30. The molecular formula is C13H16BrFN2O. The average molecular weight is 315 g/mol. The largest absolute Gasteiger partial charge is 0.371 e. The van der Waals surface area contributed by atoms with E-state index in [0.717, 1.165) is 19.5 Å². The second-order valence-corrected chi connectivity index (χ2v) is 5.76. The number of halogens is 2. The van der Waals surface area contributed by atoms with Gasteiger partial charge in [-0.3, -0.25) is 4.79 Å². The van der Waals surface area contributed by atoms with E-state index in [4.69, 9.17) is 5.73 Å². The Kier molecular flexibility index (Phi) is 3.90. The molecule has 5 heteroatoms. The molecule has 1 aromatic carbocycles. The maximum atomic E-state index is 13.9. The van der Waals surface area contributed by atoms with Gasteiger partial charge in [-0.25, -0.2) is 4.39 Å². The summed E-state index contributed by atoms with van der Waals surface area (Å²) in [5, 5.41) is 0. The molecular weight excluding hydrogens is 299 g/mol. The van der Waals surface area contributed by atoms with Crippen LogP contribution in [-0.2, 0) is 0 Å². The Morgan fingerprint density at radius 1 is 1.56 bits per heavy atom. The van der Waals surface area contributed by atoms with E-state index in [-0.39, 0.29) is 5.56 Å². The summed E-state index contributed by atoms with van der Waals surface area (Å²) in [7, 11) is 0. The van der Waals surface area contributed by atoms with Crippen molar-refractivity contribution in [3.05, 3.63) is 28.0 Å². The summed E-state index contributed by atoms with van der Waals surface area (Å²) in [4.78, 5) is 13.5. The molecule has 0 aromatic heterocycles. The van der Waals surface area contributed by atoms with Crippen molar-refractivity contribution in [3.63, 3.8) is 0 Å². The molecule has 0 radical (unpaired) electrons. The van der Waals surface area contributed by atoms with Gasteiger partial charge < -0.3 is 10.6 Å². The van der Waals surface area contributed by atoms with Crippen molar-refractivity contribution in [1.82, 2.24) is 0 Å². The van der Waals surface area contributed by atoms with Crippen LogP contribution in [-0.4, -0.2) is 19.0 Å². The summed E-state index contributed by atoms with van der Waals surface area (Å²) in [6.45, 7) is 3.82. The van der Waals surface area contributed by atoms with E-state index in [1.807, 2.05) is 4.90 Å². The minimum Gasteiger partial charge on any atom is -0.371 e. The number of primary amides is 1. The zero-order valence-corrected chi connectivity index (χ0v) is 11.8. The molecule has 1 atom stereocenters. The Labute approximate surface area is 114 Å². The summed E-state index contributed by atoms with van der Waals surface area (Å²) in [6, 6.07) is 3.04. The summed E-state index contributed by atoms with van der Waals surface area (Å²) in [6.07, 6.45) is 2.21. The van der Waals surface area contributed by atoms with Gasteiger partial charge in [-0.15, -0.1) is 0 Å². The molecule has 0 spiro atoms. The first-order valence-corrected chi connectivity index (χ1v) is 6.82. The minimum atomic E-state index is -0.715. The molecule has 1 heterocycles. The van der Waals surface area contributed by atoms with Gasteiger partial charge in [0.15, 0.2) is 0 Å². The Morgan fingerprint density at radius 3 is 2.89 bits per heavy atom. The molecule has 3 nitrogen and oxygen atoms in total. The number of piperidine rings is 1. The second kappa shape index (κ2) is 5.26. The molecule has 18 heavy (non-hydrogen) atoms. The van der Waals surface area contributed by atoms with Crippen LogP contribution in [0.3, 0.4) is 0 Å². The molecule has 1 amide bonds. The molecule has 1 unspecified atom stereocenters. The zero-order valence-electron chi connectivity index (χ0n) is 10.2. The SMILES string of the molecule is CC1CCCN(c2cc(Br)cc(F)c2C(N)=O)C1. The number of carbonyl (C=O) groups is 1. The lowest BCUT2D eigenvalue weighted by Gasteiger charge is -2.34. The van der Waals surface area contributed by atoms with Gasteiger partial charge in [0.2, 0.25) is 0 Å². The van der Waals surface area contributed by atoms with Crippen LogP contribution < -0.4 is 10.6 Å². The number of hydrogen-bond acceptors (Lipinski definition) is 2. The fourth-order valence-electron chi connectivity index (χ4n) is 2.46. The van der Waals surface area contributed by atoms with Crippen molar-refractivity contribution in [3.8, 4) is 0 Å². The van der Waals surface area contributed by atoms with Crippen LogP contribution in [0.15, 0.2) is 16.6 Å². The quantitative estimate of drug-likeness (QED) is 0.912. The third kappa shape index (κ3) is 2.66. The number of benzene rings is 1. The summed E-state index contributed by atoms with van der Waals surface area (Å²) >= 11 is 3.26. The summed E-state index contributed by atoms with van der Waals surface area (Å²) in [5.41, 5.74) is 5.88. The van der Waals surface area contributed by atoms with Gasteiger partial charge in [-0.1, -0.05) is 22.9 Å². The van der Waals surface area contributed by atoms with Crippen LogP contribution in [0.25, 0.3) is 0 Å². The van der Waals surface area contributed by atoms with Crippen LogP contribution in [0.5, 0.6) is 0 Å². The van der Waals surface area contributed by atoms with Crippen LogP contribution in [0.2, 0.25) is 0 Å². The third-order valence-electron chi connectivity index (χ3n) is 3.28. The van der Waals surface area contributed by atoms with Gasteiger partial charge >= 0.3 is 0 Å². The van der Waals surface area contributed by atoms with Gasteiger partial charge in [0.05, 0.1) is 11.3 Å². The lowest BCUT2D eigenvalue weighted by atomic mass is 9.98. The number of hydrogen-bond donors (Lipinski definition) is 1. The number of nitrogens with zero attached hydrogens (tertiary/aromatic N) is 1. The highest BCUT2D eigenvalue weighted by molar-refractivity contribution is 9.10. The highest BCUT2D eigenvalue weighted by atomic mass is 79.9. The fraction of sp³-hybridized carbons (Fsp3) is 0.462. The van der Waals surface area contributed by atoms with E-state index in [2.05, 4.69) is 22.9 Å². The Morgan fingerprint density at radius 2 is 2.28 bits per heavy atom. The number of amides is 1. The first-order chi connectivity index (χ1) is 8.49. The molecule has 0 aliphatic carbocycles. The lowest BCUT2D eigenvalue weighted by molar-refractivity contribution is 0.0997. The first-order valence-electron chi connectivity index (χ1n) is 6.03. The molecule has 0 saturated carbocycles. The predicted octanol–water partition coefficient (Wildman–Crippen LogP) is 2.92. The molecule has 2 rings (SSSR count). The normalized spacial score (nSPS) is 19.9. The first kappa shape index (κ1) is 13.3. The van der Waals surface area contributed by atoms with Crippen molar-refractivity contribution >= 4 is 27.5 Å². The predicted molar refractivity (Wildman–Crippen MR) is 73.2 cm³/mol. The van der Waals surface area contributed by atoms with Crippen molar-refractivity contribution in [2.24, 2.45) is 11.7 Å². The maximum absolute atomic E-state index is 13.9. The average Bonchev–Trinajstić information content (AvgIpc) is 2.27. The van der Waals surface area contributed by atoms with Crippen molar-refractivity contribution in [2.45, 2.75) is 19.8 Å². The molecule has 1 aliphatic rings. The topological polar surface area (TPSA) is 46.3 Å². The van der Waals surface area contributed by atoms with E-state index >= 15 is 0 Å². The number of anilines is 1. The van der Waals surface area contributed by atoms with Crippen molar-refractivity contribution in [1.29, 1.82) is 0 Å². The van der Waals surface area contributed by atoms with Crippen molar-refractivity contribution < 1.29 is 9.18 Å². The highest BCUT2D eigenvalue weighted by Gasteiger charge is 2.23. The summed E-state index contributed by atoms with van der Waals surface area (Å²) < 4.78 is 14.5. The van der Waals surface area contributed by atoms with Crippen LogP contribution in [0.1, 0.15) is 30.1 Å². The second-order valence-electron chi connectivity index (χ2n) is 4.84. The monoisotopic (exact) mass is 314 g/mol. The molecule has 1 saturated heterocycles. The third-order valence-corrected chi connectivity index (χ3v) is 3.74. The van der Waals surface area contributed by atoms with E-state index in [1.54, 1.807) is 6.07 Å². The Hall–Kier alpha value is -1.10. The molecule has 0 bridgehead atoms. The van der Waals surface area contributed by atoms with Gasteiger partial charge in [0, 0.05) is 17.6 Å². The van der Waals surface area contributed by atoms with Gasteiger partial charge in [0.25, 0.3) is 5.91 Å². The van der Waals surface area contributed by atoms with Gasteiger partial charge in [-0.2, -0.15) is 0 Å². The Bertz CT molecular complexity index is 478. The summed E-state index contributed by atoms with van der Waals surface area (Å²) in [5.74, 6) is -0.736. The standard InChI is InChI=1S/C13H16BrFN2O/c1-8-3-2-4-17(7-8)11-6-9(14)5-10(15)12(11)13(16)18/h5-6,8H,2-4,7H2,1H3,(H2,16,18). The maximum Gasteiger partial charge on any atom is 0.253 e. The fourth-order valence-corrected chi connectivity index (χ4v) is 2.88.